The lowest BCUT2D eigenvalue weighted by molar-refractivity contribution is 0.363. The maximum Gasteiger partial charge on any atom is 0.196 e. The molecule has 0 bridgehead atoms. The maximum atomic E-state index is 13.5. The van der Waals surface area contributed by atoms with E-state index in [4.69, 9.17) is 13.9 Å². The van der Waals surface area contributed by atoms with Gasteiger partial charge in [-0.3, -0.25) is 4.79 Å². The van der Waals surface area contributed by atoms with Crippen molar-refractivity contribution in [2.45, 2.75) is 27.7 Å². The van der Waals surface area contributed by atoms with Gasteiger partial charge < -0.3 is 13.9 Å². The van der Waals surface area contributed by atoms with E-state index in [-0.39, 0.29) is 5.43 Å². The first-order chi connectivity index (χ1) is 17.0. The highest BCUT2D eigenvalue weighted by atomic mass is 16.5. The summed E-state index contributed by atoms with van der Waals surface area (Å²) in [6, 6.07) is 19.2. The fourth-order valence-corrected chi connectivity index (χ4v) is 4.16. The molecule has 0 aliphatic heterocycles. The first-order valence-electron chi connectivity index (χ1n) is 11.7. The van der Waals surface area contributed by atoms with Crippen molar-refractivity contribution in [1.29, 1.82) is 0 Å². The van der Waals surface area contributed by atoms with E-state index in [1.54, 1.807) is 20.1 Å². The molecule has 35 heavy (non-hydrogen) atoms. The fourth-order valence-electron chi connectivity index (χ4n) is 4.16. The number of hydrogen-bond donors (Lipinski definition) is 0. The van der Waals surface area contributed by atoms with Crippen molar-refractivity contribution in [2.24, 2.45) is 0 Å². The molecule has 0 aliphatic rings. The molecule has 1 aromatic heterocycles. The Morgan fingerprint density at radius 1 is 0.943 bits per heavy atom. The Morgan fingerprint density at radius 3 is 2.40 bits per heavy atom. The number of hydrogen-bond acceptors (Lipinski definition) is 4. The molecule has 0 atom stereocenters. The predicted octanol–water partition coefficient (Wildman–Crippen LogP) is 7.82. The van der Waals surface area contributed by atoms with Gasteiger partial charge in [0.05, 0.1) is 18.1 Å². The minimum Gasteiger partial charge on any atom is -0.496 e. The molecule has 0 unspecified atom stereocenters. The normalized spacial score (nSPS) is 11.1. The number of ether oxygens (including phenoxy) is 2. The van der Waals surface area contributed by atoms with Crippen LogP contribution in [0.1, 0.15) is 31.9 Å². The smallest absolute Gasteiger partial charge is 0.196 e. The third-order valence-corrected chi connectivity index (χ3v) is 5.89. The average molecular weight is 467 g/mol. The lowest BCUT2D eigenvalue weighted by Crippen LogP contribution is -2.09. The molecule has 0 radical (unpaired) electrons. The molecule has 0 spiro atoms. The largest absolute Gasteiger partial charge is 0.496 e. The van der Waals surface area contributed by atoms with Gasteiger partial charge in [-0.15, -0.1) is 0 Å². The Balaban J connectivity index is 2.13. The summed E-state index contributed by atoms with van der Waals surface area (Å²) in [4.78, 5) is 13.5. The zero-order chi connectivity index (χ0) is 24.9. The van der Waals surface area contributed by atoms with E-state index in [0.717, 1.165) is 22.3 Å². The summed E-state index contributed by atoms with van der Waals surface area (Å²) >= 11 is 0. The molecule has 0 saturated carbocycles. The van der Waals surface area contributed by atoms with Gasteiger partial charge in [0, 0.05) is 16.7 Å². The predicted molar refractivity (Wildman–Crippen MR) is 144 cm³/mol. The number of allylic oxidation sites excluding steroid dienone is 2. The molecule has 4 rings (SSSR count). The number of benzene rings is 3. The van der Waals surface area contributed by atoms with Crippen LogP contribution in [0.25, 0.3) is 39.5 Å². The van der Waals surface area contributed by atoms with Gasteiger partial charge in [-0.25, -0.2) is 0 Å². The Bertz CT molecular complexity index is 1470. The molecule has 178 valence electrons. The van der Waals surface area contributed by atoms with E-state index in [2.05, 4.69) is 0 Å². The van der Waals surface area contributed by atoms with Crippen LogP contribution in [-0.2, 0) is 0 Å². The van der Waals surface area contributed by atoms with Crippen molar-refractivity contribution < 1.29 is 13.9 Å². The molecule has 0 N–H and O–H groups in total. The topological polar surface area (TPSA) is 48.7 Å². The van der Waals surface area contributed by atoms with Crippen molar-refractivity contribution in [1.82, 2.24) is 0 Å². The Hall–Kier alpha value is -4.05. The van der Waals surface area contributed by atoms with Crippen LogP contribution in [0.15, 0.2) is 87.6 Å². The summed E-state index contributed by atoms with van der Waals surface area (Å²) in [7, 11) is 1.64. The monoisotopic (exact) mass is 466 g/mol. The average Bonchev–Trinajstić information content (AvgIpc) is 2.86. The molecule has 1 heterocycles. The van der Waals surface area contributed by atoms with Gasteiger partial charge in [-0.2, -0.15) is 0 Å². The second kappa shape index (κ2) is 10.5. The standard InChI is InChI=1S/C31H30O4/c1-6-11-22-14-10-15-25(33-5)27(22)28-26(34-19-18-20(2)3)17-16-24-29(32)21(4)30(35-31(24)28)23-12-8-7-9-13-23/h6-18H,19H2,1-5H3/b11-6+. The molecule has 0 fully saturated rings. The third-order valence-electron chi connectivity index (χ3n) is 5.89. The maximum absolute atomic E-state index is 13.5. The summed E-state index contributed by atoms with van der Waals surface area (Å²) in [5.74, 6) is 1.84. The van der Waals surface area contributed by atoms with Crippen molar-refractivity contribution in [3.05, 3.63) is 99.7 Å². The van der Waals surface area contributed by atoms with Gasteiger partial charge in [-0.1, -0.05) is 60.2 Å². The minimum atomic E-state index is -0.0651. The van der Waals surface area contributed by atoms with Gasteiger partial charge in [0.1, 0.15) is 29.4 Å². The van der Waals surface area contributed by atoms with E-state index in [0.29, 0.717) is 46.0 Å². The van der Waals surface area contributed by atoms with E-state index in [1.807, 2.05) is 93.6 Å². The van der Waals surface area contributed by atoms with Crippen LogP contribution >= 0.6 is 0 Å². The van der Waals surface area contributed by atoms with Gasteiger partial charge in [0.25, 0.3) is 0 Å². The van der Waals surface area contributed by atoms with E-state index in [9.17, 15) is 4.79 Å². The number of fused-ring (bicyclic) bond motifs is 1. The van der Waals surface area contributed by atoms with E-state index >= 15 is 0 Å². The van der Waals surface area contributed by atoms with Gasteiger partial charge in [-0.05, 0) is 57.5 Å². The Morgan fingerprint density at radius 2 is 1.71 bits per heavy atom. The van der Waals surface area contributed by atoms with E-state index < -0.39 is 0 Å². The SMILES string of the molecule is C/C=C/c1cccc(OC)c1-c1c(OCC=C(C)C)ccc2c(=O)c(C)c(-c3ccccc3)oc12. The number of rotatable bonds is 7. The Labute approximate surface area is 206 Å². The van der Waals surface area contributed by atoms with Crippen LogP contribution in [0, 0.1) is 6.92 Å². The third kappa shape index (κ3) is 4.78. The van der Waals surface area contributed by atoms with E-state index in [1.165, 1.54) is 0 Å². The van der Waals surface area contributed by atoms with Crippen LogP contribution in [0.2, 0.25) is 0 Å². The lowest BCUT2D eigenvalue weighted by atomic mass is 9.94. The van der Waals surface area contributed by atoms with Crippen molar-refractivity contribution in [2.75, 3.05) is 13.7 Å². The quantitative estimate of drug-likeness (QED) is 0.261. The van der Waals surface area contributed by atoms with Crippen LogP contribution in [0.4, 0.5) is 0 Å². The highest BCUT2D eigenvalue weighted by molar-refractivity contribution is 6.00. The summed E-state index contributed by atoms with van der Waals surface area (Å²) in [6.45, 7) is 8.24. The second-order valence-corrected chi connectivity index (χ2v) is 8.58. The molecule has 4 aromatic rings. The molecule has 0 amide bonds. The van der Waals surface area contributed by atoms with Crippen LogP contribution < -0.4 is 14.9 Å². The van der Waals surface area contributed by atoms with Crippen LogP contribution in [0.5, 0.6) is 11.5 Å². The van der Waals surface area contributed by atoms with Gasteiger partial charge >= 0.3 is 0 Å². The summed E-state index contributed by atoms with van der Waals surface area (Å²) in [5, 5.41) is 0.504. The minimum absolute atomic E-state index is 0.0651. The lowest BCUT2D eigenvalue weighted by Gasteiger charge is -2.18. The zero-order valence-electron chi connectivity index (χ0n) is 20.8. The second-order valence-electron chi connectivity index (χ2n) is 8.58. The van der Waals surface area contributed by atoms with Crippen molar-refractivity contribution >= 4 is 17.0 Å². The van der Waals surface area contributed by atoms with Gasteiger partial charge in [0.2, 0.25) is 0 Å². The first kappa shape index (κ1) is 24.1. The molecule has 3 aromatic carbocycles. The molecule has 0 saturated heterocycles. The summed E-state index contributed by atoms with van der Waals surface area (Å²) in [6.07, 6.45) is 6.01. The fraction of sp³-hybridized carbons (Fsp3) is 0.194. The highest BCUT2D eigenvalue weighted by Crippen LogP contribution is 2.44. The summed E-state index contributed by atoms with van der Waals surface area (Å²) in [5.41, 5.74) is 5.44. The van der Waals surface area contributed by atoms with Crippen molar-refractivity contribution in [3.63, 3.8) is 0 Å². The van der Waals surface area contributed by atoms with Crippen LogP contribution in [-0.4, -0.2) is 13.7 Å². The Kier molecular flexibility index (Phi) is 7.21. The molecular weight excluding hydrogens is 436 g/mol. The summed E-state index contributed by atoms with van der Waals surface area (Å²) < 4.78 is 18.6. The van der Waals surface area contributed by atoms with Crippen LogP contribution in [0.3, 0.4) is 0 Å². The molecule has 0 aliphatic carbocycles. The molecule has 4 heteroatoms. The highest BCUT2D eigenvalue weighted by Gasteiger charge is 2.23. The number of methoxy groups -OCH3 is 1. The van der Waals surface area contributed by atoms with Crippen molar-refractivity contribution in [3.8, 4) is 33.9 Å². The first-order valence-corrected chi connectivity index (χ1v) is 11.7. The zero-order valence-corrected chi connectivity index (χ0v) is 20.8. The molecule has 4 nitrogen and oxygen atoms in total. The van der Waals surface area contributed by atoms with Gasteiger partial charge in [0.15, 0.2) is 5.43 Å². The molecular formula is C31H30O4.